The molecule has 0 spiro atoms. The molecule has 2 rings (SSSR count). The summed E-state index contributed by atoms with van der Waals surface area (Å²) in [6, 6.07) is 2.04. The molecule has 0 aromatic carbocycles. The van der Waals surface area contributed by atoms with Crippen molar-refractivity contribution in [3.05, 3.63) is 23.8 Å². The van der Waals surface area contributed by atoms with E-state index in [0.29, 0.717) is 0 Å². The predicted octanol–water partition coefficient (Wildman–Crippen LogP) is 1.58. The van der Waals surface area contributed by atoms with E-state index in [1.54, 1.807) is 0 Å². The topological polar surface area (TPSA) is 37.8 Å². The quantitative estimate of drug-likeness (QED) is 0.811. The minimum Gasteiger partial charge on any atom is -0.316 e. The van der Waals surface area contributed by atoms with Crippen LogP contribution in [-0.2, 0) is 12.8 Å². The lowest BCUT2D eigenvalue weighted by Crippen LogP contribution is -2.10. The van der Waals surface area contributed by atoms with Crippen molar-refractivity contribution in [1.82, 2.24) is 15.3 Å². The Morgan fingerprint density at radius 1 is 1.53 bits per heavy atom. The lowest BCUT2D eigenvalue weighted by Gasteiger charge is -2.07. The molecule has 0 radical (unpaired) electrons. The minimum atomic E-state index is 0.852. The van der Waals surface area contributed by atoms with Gasteiger partial charge < -0.3 is 5.32 Å². The molecule has 0 saturated carbocycles. The molecule has 1 saturated heterocycles. The molecule has 1 N–H and O–H groups in total. The Bertz CT molecular complexity index is 305. The summed E-state index contributed by atoms with van der Waals surface area (Å²) in [5.41, 5.74) is 1.20. The molecule has 0 bridgehead atoms. The van der Waals surface area contributed by atoms with Crippen LogP contribution in [0.5, 0.6) is 0 Å². The number of rotatable bonds is 4. The van der Waals surface area contributed by atoms with Crippen LogP contribution in [0.3, 0.4) is 0 Å². The molecule has 1 aliphatic heterocycles. The van der Waals surface area contributed by atoms with Crippen LogP contribution in [0.2, 0.25) is 0 Å². The molecule has 1 aromatic rings. The van der Waals surface area contributed by atoms with Crippen LogP contribution < -0.4 is 5.32 Å². The molecule has 1 atom stereocenters. The summed E-state index contributed by atoms with van der Waals surface area (Å²) in [5.74, 6) is 1.82. The van der Waals surface area contributed by atoms with Crippen molar-refractivity contribution in [3.63, 3.8) is 0 Å². The molecule has 3 heteroatoms. The maximum atomic E-state index is 4.52. The van der Waals surface area contributed by atoms with Crippen molar-refractivity contribution in [1.29, 1.82) is 0 Å². The molecule has 2 heterocycles. The largest absolute Gasteiger partial charge is 0.316 e. The van der Waals surface area contributed by atoms with Crippen molar-refractivity contribution in [2.45, 2.75) is 32.6 Å². The second-order valence-electron chi connectivity index (χ2n) is 4.22. The summed E-state index contributed by atoms with van der Waals surface area (Å²) in [7, 11) is 0. The normalized spacial score (nSPS) is 20.7. The highest BCUT2D eigenvalue weighted by molar-refractivity contribution is 5.02. The first-order valence-corrected chi connectivity index (χ1v) is 5.90. The zero-order chi connectivity index (χ0) is 10.5. The molecule has 15 heavy (non-hydrogen) atoms. The zero-order valence-electron chi connectivity index (χ0n) is 9.37. The molecule has 1 unspecified atom stereocenters. The SMILES string of the molecule is CCc1nccc(CCC2CCNC2)n1. The van der Waals surface area contributed by atoms with Gasteiger partial charge in [0.05, 0.1) is 0 Å². The summed E-state index contributed by atoms with van der Waals surface area (Å²) in [4.78, 5) is 8.73. The van der Waals surface area contributed by atoms with Crippen LogP contribution in [0, 0.1) is 5.92 Å². The molecule has 1 aliphatic rings. The van der Waals surface area contributed by atoms with Crippen molar-refractivity contribution >= 4 is 0 Å². The van der Waals surface area contributed by atoms with Gasteiger partial charge in [-0.2, -0.15) is 0 Å². The van der Waals surface area contributed by atoms with Crippen molar-refractivity contribution in [2.75, 3.05) is 13.1 Å². The van der Waals surface area contributed by atoms with Gasteiger partial charge in [0.25, 0.3) is 0 Å². The van der Waals surface area contributed by atoms with E-state index in [9.17, 15) is 0 Å². The van der Waals surface area contributed by atoms with E-state index in [1.807, 2.05) is 12.3 Å². The maximum Gasteiger partial charge on any atom is 0.128 e. The summed E-state index contributed by atoms with van der Waals surface area (Å²) < 4.78 is 0. The fraction of sp³-hybridized carbons (Fsp3) is 0.667. The number of nitrogens with zero attached hydrogens (tertiary/aromatic N) is 2. The Morgan fingerprint density at radius 3 is 3.20 bits per heavy atom. The third-order valence-corrected chi connectivity index (χ3v) is 3.05. The van der Waals surface area contributed by atoms with Crippen molar-refractivity contribution < 1.29 is 0 Å². The lowest BCUT2D eigenvalue weighted by atomic mass is 10.0. The second kappa shape index (κ2) is 5.21. The average molecular weight is 205 g/mol. The first-order valence-electron chi connectivity index (χ1n) is 5.90. The molecular weight excluding hydrogens is 186 g/mol. The first-order chi connectivity index (χ1) is 7.38. The first kappa shape index (κ1) is 10.6. The molecule has 1 fully saturated rings. The van der Waals surface area contributed by atoms with Crippen LogP contribution in [-0.4, -0.2) is 23.1 Å². The number of hydrogen-bond acceptors (Lipinski definition) is 3. The monoisotopic (exact) mass is 205 g/mol. The van der Waals surface area contributed by atoms with Gasteiger partial charge in [0.1, 0.15) is 5.82 Å². The molecule has 0 aliphatic carbocycles. The van der Waals surface area contributed by atoms with Crippen LogP contribution >= 0.6 is 0 Å². The molecule has 3 nitrogen and oxygen atoms in total. The summed E-state index contributed by atoms with van der Waals surface area (Å²) in [6.45, 7) is 4.47. The molecule has 1 aromatic heterocycles. The Hall–Kier alpha value is -0.960. The van der Waals surface area contributed by atoms with E-state index in [1.165, 1.54) is 31.6 Å². The van der Waals surface area contributed by atoms with E-state index >= 15 is 0 Å². The minimum absolute atomic E-state index is 0.852. The third-order valence-electron chi connectivity index (χ3n) is 3.05. The standard InChI is InChI=1S/C12H19N3/c1-2-12-14-8-6-11(15-12)4-3-10-5-7-13-9-10/h6,8,10,13H,2-5,7,9H2,1H3. The Labute approximate surface area is 91.3 Å². The molecule has 0 amide bonds. The van der Waals surface area contributed by atoms with E-state index in [0.717, 1.165) is 24.6 Å². The van der Waals surface area contributed by atoms with Crippen LogP contribution in [0.25, 0.3) is 0 Å². The summed E-state index contributed by atoms with van der Waals surface area (Å²) >= 11 is 0. The van der Waals surface area contributed by atoms with Gasteiger partial charge in [0.2, 0.25) is 0 Å². The average Bonchev–Trinajstić information content (AvgIpc) is 2.79. The fourth-order valence-electron chi connectivity index (χ4n) is 2.06. The number of nitrogens with one attached hydrogen (secondary N) is 1. The summed E-state index contributed by atoms with van der Waals surface area (Å²) in [5, 5.41) is 3.40. The number of aryl methyl sites for hydroxylation is 2. The Balaban J connectivity index is 1.86. The second-order valence-corrected chi connectivity index (χ2v) is 4.22. The van der Waals surface area contributed by atoms with Gasteiger partial charge in [-0.1, -0.05) is 6.92 Å². The number of hydrogen-bond donors (Lipinski definition) is 1. The zero-order valence-corrected chi connectivity index (χ0v) is 9.37. The highest BCUT2D eigenvalue weighted by Gasteiger charge is 2.14. The Morgan fingerprint density at radius 2 is 2.47 bits per heavy atom. The highest BCUT2D eigenvalue weighted by Crippen LogP contribution is 2.14. The van der Waals surface area contributed by atoms with Gasteiger partial charge in [-0.25, -0.2) is 9.97 Å². The van der Waals surface area contributed by atoms with Crippen molar-refractivity contribution in [3.8, 4) is 0 Å². The predicted molar refractivity (Wildman–Crippen MR) is 60.7 cm³/mol. The van der Waals surface area contributed by atoms with E-state index in [4.69, 9.17) is 0 Å². The number of aromatic nitrogens is 2. The van der Waals surface area contributed by atoms with E-state index in [-0.39, 0.29) is 0 Å². The fourth-order valence-corrected chi connectivity index (χ4v) is 2.06. The highest BCUT2D eigenvalue weighted by atomic mass is 14.9. The van der Waals surface area contributed by atoms with Gasteiger partial charge in [0.15, 0.2) is 0 Å². The van der Waals surface area contributed by atoms with E-state index in [2.05, 4.69) is 22.2 Å². The van der Waals surface area contributed by atoms with Gasteiger partial charge in [-0.15, -0.1) is 0 Å². The Kier molecular flexibility index (Phi) is 3.67. The summed E-state index contributed by atoms with van der Waals surface area (Å²) in [6.07, 6.45) is 6.49. The van der Waals surface area contributed by atoms with Gasteiger partial charge in [-0.3, -0.25) is 0 Å². The van der Waals surface area contributed by atoms with Crippen LogP contribution in [0.4, 0.5) is 0 Å². The van der Waals surface area contributed by atoms with Gasteiger partial charge in [-0.05, 0) is 44.3 Å². The molecular formula is C12H19N3. The van der Waals surface area contributed by atoms with Crippen molar-refractivity contribution in [2.24, 2.45) is 5.92 Å². The molecule has 82 valence electrons. The maximum absolute atomic E-state index is 4.52. The lowest BCUT2D eigenvalue weighted by molar-refractivity contribution is 0.528. The van der Waals surface area contributed by atoms with Gasteiger partial charge in [0, 0.05) is 18.3 Å². The van der Waals surface area contributed by atoms with Crippen LogP contribution in [0.15, 0.2) is 12.3 Å². The van der Waals surface area contributed by atoms with E-state index < -0.39 is 0 Å². The van der Waals surface area contributed by atoms with Gasteiger partial charge >= 0.3 is 0 Å². The smallest absolute Gasteiger partial charge is 0.128 e. The third kappa shape index (κ3) is 2.99. The van der Waals surface area contributed by atoms with Crippen LogP contribution in [0.1, 0.15) is 31.3 Å².